The minimum atomic E-state index is -0.640. The lowest BCUT2D eigenvalue weighted by Crippen LogP contribution is -2.62. The molecule has 4 nitrogen and oxygen atoms in total. The molecule has 2 aliphatic heterocycles. The van der Waals surface area contributed by atoms with Crippen LogP contribution in [0.3, 0.4) is 0 Å². The number of para-hydroxylation sites is 4. The van der Waals surface area contributed by atoms with E-state index < -0.39 is 12.6 Å². The first-order chi connectivity index (χ1) is 66.1. The Kier molecular flexibility index (Phi) is 20.0. The van der Waals surface area contributed by atoms with Crippen LogP contribution in [0, 0.1) is 0 Å². The van der Waals surface area contributed by atoms with Gasteiger partial charge in [-0.2, -0.15) is 0 Å². The number of fused-ring (bicyclic) bond motifs is 13. The lowest BCUT2D eigenvalue weighted by atomic mass is 9.31. The van der Waals surface area contributed by atoms with Crippen LogP contribution in [0.1, 0.15) is 75.3 Å². The van der Waals surface area contributed by atoms with E-state index in [9.17, 15) is 0 Å². The molecule has 622 valence electrons. The topological polar surface area (TPSA) is 18.0 Å². The first-order valence-corrected chi connectivity index (χ1v) is 46.7. The van der Waals surface area contributed by atoms with E-state index in [1.54, 1.807) is 0 Å². The van der Waals surface area contributed by atoms with Gasteiger partial charge in [-0.3, -0.25) is 0 Å². The van der Waals surface area contributed by atoms with Crippen LogP contribution in [0.25, 0.3) is 171 Å². The van der Waals surface area contributed by atoms with Crippen molar-refractivity contribution in [3.05, 3.63) is 416 Å². The lowest BCUT2D eigenvalue weighted by molar-refractivity contribution is 0.590. The Morgan fingerprint density at radius 2 is 0.596 bits per heavy atom. The van der Waals surface area contributed by atoms with Crippen molar-refractivity contribution in [2.24, 2.45) is 0 Å². The number of aromatic nitrogens is 3. The Balaban J connectivity index is 0.890. The first-order valence-electron chi connectivity index (χ1n) is 46.7. The maximum absolute atomic E-state index is 7.55. The summed E-state index contributed by atoms with van der Waals surface area (Å²) in [5, 5.41) is 5.46. The molecule has 5 heterocycles. The molecule has 0 spiro atoms. The highest BCUT2D eigenvalue weighted by atomic mass is 15.2. The van der Waals surface area contributed by atoms with Crippen LogP contribution in [0.15, 0.2) is 388 Å². The molecule has 0 N–H and O–H groups in total. The molecule has 0 bridgehead atoms. The van der Waals surface area contributed by atoms with Crippen molar-refractivity contribution >= 4 is 212 Å². The number of benzene rings is 19. The van der Waals surface area contributed by atoms with Crippen molar-refractivity contribution in [2.45, 2.75) is 58.3 Å². The second kappa shape index (κ2) is 32.4. The minimum Gasteiger partial charge on any atom is -0.311 e. The van der Waals surface area contributed by atoms with E-state index in [2.05, 4.69) is 444 Å². The van der Waals surface area contributed by atoms with E-state index in [1.807, 2.05) is 4.57 Å². The average molecular weight is 1710 g/mol. The third kappa shape index (κ3) is 13.4. The van der Waals surface area contributed by atoms with Gasteiger partial charge in [-0.15, -0.1) is 21.9 Å². The van der Waals surface area contributed by atoms with Gasteiger partial charge < -0.3 is 18.6 Å². The minimum absolute atomic E-state index is 0.0800. The fourth-order valence-corrected chi connectivity index (χ4v) is 22.1. The van der Waals surface area contributed by atoms with Gasteiger partial charge in [0.1, 0.15) is 62.8 Å². The molecule has 16 radical (unpaired) electrons. The average Bonchev–Trinajstić information content (AvgIpc) is 1.22. The van der Waals surface area contributed by atoms with Gasteiger partial charge in [0.2, 0.25) is 6.71 Å². The predicted octanol–water partition coefficient (Wildman–Crippen LogP) is 21.1. The molecule has 1 unspecified atom stereocenters. The third-order valence-electron chi connectivity index (χ3n) is 28.9. The second-order valence-electron chi connectivity index (χ2n) is 38.7. The Labute approximate surface area is 805 Å². The van der Waals surface area contributed by atoms with Gasteiger partial charge in [0, 0.05) is 78.1 Å². The zero-order valence-corrected chi connectivity index (χ0v) is 76.5. The van der Waals surface area contributed by atoms with Crippen LogP contribution in [0.2, 0.25) is 0 Å². The van der Waals surface area contributed by atoms with Gasteiger partial charge in [-0.05, 0) is 247 Å². The smallest absolute Gasteiger partial charge is 0.247 e. The molecule has 0 saturated heterocycles. The molecule has 24 rings (SSSR count). The first kappa shape index (κ1) is 84.0. The van der Waals surface area contributed by atoms with E-state index in [0.717, 1.165) is 194 Å². The van der Waals surface area contributed by atoms with E-state index in [0.29, 0.717) is 27.5 Å². The van der Waals surface area contributed by atoms with Gasteiger partial charge in [-0.1, -0.05) is 348 Å². The Morgan fingerprint density at radius 3 is 1.04 bits per heavy atom. The molecule has 0 saturated carbocycles. The normalized spacial score (nSPS) is 13.1. The molecule has 19 aromatic carbocycles. The van der Waals surface area contributed by atoms with Crippen LogP contribution >= 0.6 is 0 Å². The molecule has 136 heavy (non-hydrogen) atoms. The lowest BCUT2D eigenvalue weighted by Gasteiger charge is -2.45. The van der Waals surface area contributed by atoms with Crippen LogP contribution in [0.5, 0.6) is 0 Å². The van der Waals surface area contributed by atoms with Gasteiger partial charge in [-0.25, -0.2) is 0 Å². The molecule has 0 fully saturated rings. The molecule has 1 atom stereocenters. The van der Waals surface area contributed by atoms with E-state index in [-0.39, 0.29) is 54.5 Å². The van der Waals surface area contributed by atoms with Crippen molar-refractivity contribution in [1.82, 2.24) is 13.7 Å². The van der Waals surface area contributed by atoms with Crippen molar-refractivity contribution < 1.29 is 0 Å². The number of rotatable bonds is 13. The molecule has 0 amide bonds. The zero-order valence-electron chi connectivity index (χ0n) is 76.5. The van der Waals surface area contributed by atoms with Gasteiger partial charge in [0.15, 0.2) is 0 Å². The van der Waals surface area contributed by atoms with Crippen molar-refractivity contribution in [1.29, 1.82) is 0 Å². The summed E-state index contributed by atoms with van der Waals surface area (Å²) in [4.78, 5) is 2.69. The zero-order chi connectivity index (χ0) is 92.6. The summed E-state index contributed by atoms with van der Waals surface area (Å²) in [6.45, 7) is 13.2. The van der Waals surface area contributed by atoms with Crippen LogP contribution in [0.4, 0.5) is 17.1 Å². The summed E-state index contributed by atoms with van der Waals surface area (Å²) >= 11 is 0. The highest BCUT2D eigenvalue weighted by molar-refractivity contribution is 6.99. The third-order valence-corrected chi connectivity index (χ3v) is 28.9. The highest BCUT2D eigenvalue weighted by Gasteiger charge is 2.47. The molecule has 2 aliphatic rings. The largest absolute Gasteiger partial charge is 0.311 e. The van der Waals surface area contributed by atoms with Crippen LogP contribution < -0.4 is 65.0 Å². The maximum atomic E-state index is 7.55. The fraction of sp³-hybridized carbons (Fsp3) is 0.0732. The summed E-state index contributed by atoms with van der Waals surface area (Å²) in [6, 6.07) is 145. The summed E-state index contributed by atoms with van der Waals surface area (Å²) in [5.74, 6) is -0.640. The van der Waals surface area contributed by atoms with E-state index in [4.69, 9.17) is 62.8 Å². The number of anilines is 3. The summed E-state index contributed by atoms with van der Waals surface area (Å²) in [7, 11) is 58.0. The SMILES string of the molecule is [B]c1c([B])c([B])c2c(c1[B])c1c([B])c([B])c([B])c([B])c1n2-c1ccc2c(c1)C(c1c(-c3ccccc3)cc(-c3ccc(C(C)(C)C)cc3)cc1-c1ccccc1)c1cc(-c3ccc4c(c3)c3ccccc3n4-c3ccccc3)cc3c1B2c1ccc(-c2ccc4c(c2)c2ccccc2n4-c2ccccc2)cc1N3c1c(-c2ccccc2)cc(-c2ccc(C(C)(C)C)cc2)cc1-c1ccccc1. The van der Waals surface area contributed by atoms with Gasteiger partial charge in [0.25, 0.3) is 0 Å². The van der Waals surface area contributed by atoms with Crippen molar-refractivity contribution in [2.75, 3.05) is 4.90 Å². The molecular weight excluding hydrogens is 1630 g/mol. The predicted molar refractivity (Wildman–Crippen MR) is 587 cm³/mol. The summed E-state index contributed by atoms with van der Waals surface area (Å²) < 4.78 is 6.84. The fourth-order valence-electron chi connectivity index (χ4n) is 22.1. The van der Waals surface area contributed by atoms with Crippen molar-refractivity contribution in [3.8, 4) is 106 Å². The number of hydrogen-bond donors (Lipinski definition) is 0. The summed E-state index contributed by atoms with van der Waals surface area (Å²) in [5.41, 5.74) is 38.1. The monoisotopic (exact) mass is 1710 g/mol. The quantitative estimate of drug-likeness (QED) is 0.105. The second-order valence-corrected chi connectivity index (χ2v) is 38.7. The van der Waals surface area contributed by atoms with Crippen molar-refractivity contribution in [3.63, 3.8) is 0 Å². The summed E-state index contributed by atoms with van der Waals surface area (Å²) in [6.07, 6.45) is 0. The standard InChI is InChI=1S/C123H83B9N4/c1-122(2,3)83-52-45-71(46-53-83)80-63-90(73-29-13-7-14-30-73)106(91(64-80)74-31-15-8-16-32-74)107-96-70-87(135-120-108(110(124)112(126)114(128)116(120)130)109-111(125)113(127)115(129)117(131)121(109)135)56-58-98(96)132-99-57-49-79(77-50-59-102-94(61-77)88-41-25-27-43-100(88)133(102)85-37-21-11-22-38-85)68-104(99)136(105-69-82(67-97(107)118(105)132)78-51-60-103-95(62-78)89-42-26-28-44-101(89)134(103)86-39-23-12-24-40-86)119-92(75-33-17-9-18-34-75)65-81(66-93(119)76-35-19-10-20-36-76)72-47-54-84(55-48-72)123(4,5)6/h7-70,107H,1-6H3. The molecule has 0 aliphatic carbocycles. The molecule has 22 aromatic rings. The maximum Gasteiger partial charge on any atom is 0.247 e. The molecule has 3 aromatic heterocycles. The molecule has 13 heteroatoms. The number of nitrogens with zero attached hydrogens (tertiary/aromatic N) is 4. The van der Waals surface area contributed by atoms with E-state index in [1.165, 1.54) is 11.1 Å². The Hall–Kier alpha value is -15.0. The van der Waals surface area contributed by atoms with Gasteiger partial charge in [0.05, 0.1) is 27.8 Å². The Morgan fingerprint density at radius 1 is 0.243 bits per heavy atom. The Bertz CT molecular complexity index is 8480. The molecular formula is C123H83B9N4. The number of hydrogen-bond acceptors (Lipinski definition) is 1. The van der Waals surface area contributed by atoms with Crippen LogP contribution in [-0.4, -0.2) is 83.2 Å². The highest BCUT2D eigenvalue weighted by Crippen LogP contribution is 2.56. The van der Waals surface area contributed by atoms with Crippen LogP contribution in [-0.2, 0) is 10.8 Å². The van der Waals surface area contributed by atoms with Gasteiger partial charge >= 0.3 is 0 Å². The van der Waals surface area contributed by atoms with E-state index >= 15 is 0 Å².